The van der Waals surface area contributed by atoms with Gasteiger partial charge in [-0.1, -0.05) is 74.5 Å². The Kier molecular flexibility index (Phi) is 7.19. The van der Waals surface area contributed by atoms with Crippen LogP contribution in [0.15, 0.2) is 95.9 Å². The number of carboxylic acids is 1. The maximum absolute atomic E-state index is 12.6. The van der Waals surface area contributed by atoms with E-state index in [1.807, 2.05) is 36.4 Å². The first-order valence-corrected chi connectivity index (χ1v) is 12.8. The average Bonchev–Trinajstić information content (AvgIpc) is 2.86. The fraction of sp³-hybridized carbons (Fsp3) is 0.179. The van der Waals surface area contributed by atoms with Crippen molar-refractivity contribution in [1.82, 2.24) is 4.72 Å². The van der Waals surface area contributed by atoms with E-state index in [4.69, 9.17) is 4.74 Å². The lowest BCUT2D eigenvalue weighted by Crippen LogP contribution is -2.44. The van der Waals surface area contributed by atoms with E-state index >= 15 is 0 Å². The lowest BCUT2D eigenvalue weighted by Gasteiger charge is -2.18. The zero-order chi connectivity index (χ0) is 25.0. The van der Waals surface area contributed by atoms with Crippen LogP contribution in [-0.4, -0.2) is 25.5 Å². The molecular weight excluding hydrogens is 462 g/mol. The third-order valence-electron chi connectivity index (χ3n) is 5.79. The van der Waals surface area contributed by atoms with Gasteiger partial charge in [0.2, 0.25) is 10.0 Å². The van der Waals surface area contributed by atoms with Crippen LogP contribution in [0.1, 0.15) is 19.4 Å². The van der Waals surface area contributed by atoms with Gasteiger partial charge in [0.1, 0.15) is 18.4 Å². The molecule has 0 radical (unpaired) electrons. The number of fused-ring (bicyclic) bond motifs is 1. The van der Waals surface area contributed by atoms with E-state index < -0.39 is 22.0 Å². The van der Waals surface area contributed by atoms with Crippen molar-refractivity contribution >= 4 is 26.8 Å². The highest BCUT2D eigenvalue weighted by molar-refractivity contribution is 7.89. The molecule has 0 amide bonds. The van der Waals surface area contributed by atoms with Gasteiger partial charge in [-0.15, -0.1) is 0 Å². The summed E-state index contributed by atoms with van der Waals surface area (Å²) >= 11 is 0. The molecule has 0 heterocycles. The number of hydrogen-bond acceptors (Lipinski definition) is 4. The zero-order valence-corrected chi connectivity index (χ0v) is 20.3. The van der Waals surface area contributed by atoms with Gasteiger partial charge in [0, 0.05) is 0 Å². The minimum Gasteiger partial charge on any atom is -0.489 e. The molecular formula is C28H27NO5S. The van der Waals surface area contributed by atoms with Crippen molar-refractivity contribution in [2.24, 2.45) is 5.92 Å². The first kappa shape index (κ1) is 24.4. The molecule has 7 heteroatoms. The number of nitrogens with one attached hydrogen (secondary N) is 1. The third kappa shape index (κ3) is 5.88. The third-order valence-corrected chi connectivity index (χ3v) is 7.24. The van der Waals surface area contributed by atoms with Gasteiger partial charge in [0.25, 0.3) is 0 Å². The van der Waals surface area contributed by atoms with E-state index in [-0.39, 0.29) is 10.8 Å². The predicted octanol–water partition coefficient (Wildman–Crippen LogP) is 5.47. The number of carbonyl (C=O) groups is 1. The number of rotatable bonds is 9. The van der Waals surface area contributed by atoms with Gasteiger partial charge in [-0.2, -0.15) is 4.72 Å². The first-order chi connectivity index (χ1) is 16.7. The van der Waals surface area contributed by atoms with Gasteiger partial charge in [0.15, 0.2) is 0 Å². The highest BCUT2D eigenvalue weighted by atomic mass is 32.2. The Labute approximate surface area is 205 Å². The van der Waals surface area contributed by atoms with Crippen LogP contribution in [0.25, 0.3) is 21.9 Å². The molecule has 0 saturated carbocycles. The normalized spacial score (nSPS) is 12.5. The van der Waals surface area contributed by atoms with Crippen LogP contribution in [-0.2, 0) is 21.4 Å². The van der Waals surface area contributed by atoms with E-state index in [9.17, 15) is 18.3 Å². The molecule has 2 N–H and O–H groups in total. The summed E-state index contributed by atoms with van der Waals surface area (Å²) in [7, 11) is -3.95. The van der Waals surface area contributed by atoms with Crippen molar-refractivity contribution in [2.45, 2.75) is 31.4 Å². The van der Waals surface area contributed by atoms with Crippen LogP contribution in [0, 0.1) is 5.92 Å². The highest BCUT2D eigenvalue weighted by Gasteiger charge is 2.27. The van der Waals surface area contributed by atoms with Crippen LogP contribution >= 0.6 is 0 Å². The van der Waals surface area contributed by atoms with Gasteiger partial charge < -0.3 is 9.84 Å². The molecule has 0 aliphatic carbocycles. The number of carboxylic acid groups (broad SMARTS) is 1. The van der Waals surface area contributed by atoms with Crippen LogP contribution in [0.3, 0.4) is 0 Å². The molecule has 4 aromatic rings. The van der Waals surface area contributed by atoms with E-state index in [1.165, 1.54) is 22.9 Å². The van der Waals surface area contributed by atoms with Crippen LogP contribution < -0.4 is 9.46 Å². The molecule has 0 aliphatic rings. The molecule has 0 saturated heterocycles. The molecule has 0 spiro atoms. The summed E-state index contributed by atoms with van der Waals surface area (Å²) in [5, 5.41) is 11.6. The SMILES string of the molecule is CC(C)C(NS(=O)(=O)c1ccc(-c2ccc(OCc3ccc4ccccc4c3)cc2)cc1)C(=O)O. The Morgan fingerprint density at radius 2 is 1.46 bits per heavy atom. The van der Waals surface area contributed by atoms with Gasteiger partial charge in [-0.25, -0.2) is 8.42 Å². The standard InChI is InChI=1S/C28H27NO5S/c1-19(2)27(28(30)31)29-35(32,33)26-15-11-23(12-16-26)22-9-13-25(14-10-22)34-18-20-7-8-21-5-3-4-6-24(21)17-20/h3-17,19,27,29H,18H2,1-2H3,(H,30,31). The van der Waals surface area contributed by atoms with E-state index in [0.29, 0.717) is 6.61 Å². The largest absolute Gasteiger partial charge is 0.489 e. The number of benzene rings is 4. The maximum Gasteiger partial charge on any atom is 0.322 e. The quantitative estimate of drug-likeness (QED) is 0.325. The van der Waals surface area contributed by atoms with Crippen molar-refractivity contribution < 1.29 is 23.1 Å². The van der Waals surface area contributed by atoms with Crippen molar-refractivity contribution in [1.29, 1.82) is 0 Å². The van der Waals surface area contributed by atoms with E-state index in [1.54, 1.807) is 26.0 Å². The van der Waals surface area contributed by atoms with Gasteiger partial charge >= 0.3 is 5.97 Å². The summed E-state index contributed by atoms with van der Waals surface area (Å²) in [6.07, 6.45) is 0. The fourth-order valence-electron chi connectivity index (χ4n) is 3.77. The second kappa shape index (κ2) is 10.3. The minimum atomic E-state index is -3.95. The fourth-order valence-corrected chi connectivity index (χ4v) is 5.11. The summed E-state index contributed by atoms with van der Waals surface area (Å²) < 4.78 is 33.4. The highest BCUT2D eigenvalue weighted by Crippen LogP contribution is 2.25. The summed E-state index contributed by atoms with van der Waals surface area (Å²) in [4.78, 5) is 11.4. The van der Waals surface area contributed by atoms with Gasteiger partial charge in [0.05, 0.1) is 4.90 Å². The Bertz CT molecular complexity index is 1430. The summed E-state index contributed by atoms with van der Waals surface area (Å²) in [5.41, 5.74) is 2.83. The lowest BCUT2D eigenvalue weighted by atomic mass is 10.1. The molecule has 4 rings (SSSR count). The Balaban J connectivity index is 1.42. The van der Waals surface area contributed by atoms with Crippen LogP contribution in [0.4, 0.5) is 0 Å². The topological polar surface area (TPSA) is 92.7 Å². The molecule has 1 unspecified atom stereocenters. The summed E-state index contributed by atoms with van der Waals surface area (Å²) in [5.74, 6) is -0.856. The number of ether oxygens (including phenoxy) is 1. The molecule has 35 heavy (non-hydrogen) atoms. The minimum absolute atomic E-state index is 0.0171. The Morgan fingerprint density at radius 1 is 0.857 bits per heavy atom. The number of sulfonamides is 1. The molecule has 4 aromatic carbocycles. The van der Waals surface area contributed by atoms with Crippen molar-refractivity contribution in [3.8, 4) is 16.9 Å². The van der Waals surface area contributed by atoms with Crippen molar-refractivity contribution in [2.75, 3.05) is 0 Å². The van der Waals surface area contributed by atoms with Crippen molar-refractivity contribution in [3.05, 3.63) is 96.6 Å². The smallest absolute Gasteiger partial charge is 0.322 e. The average molecular weight is 490 g/mol. The van der Waals surface area contributed by atoms with Crippen molar-refractivity contribution in [3.63, 3.8) is 0 Å². The molecule has 0 aliphatic heterocycles. The molecule has 0 aromatic heterocycles. The van der Waals surface area contributed by atoms with Crippen LogP contribution in [0.2, 0.25) is 0 Å². The predicted molar refractivity (Wildman–Crippen MR) is 137 cm³/mol. The Morgan fingerprint density at radius 3 is 2.06 bits per heavy atom. The number of hydrogen-bond donors (Lipinski definition) is 2. The van der Waals surface area contributed by atoms with E-state index in [0.717, 1.165) is 22.4 Å². The van der Waals surface area contributed by atoms with Gasteiger partial charge in [-0.3, -0.25) is 4.79 Å². The number of aliphatic carboxylic acids is 1. The van der Waals surface area contributed by atoms with Crippen LogP contribution in [0.5, 0.6) is 5.75 Å². The summed E-state index contributed by atoms with van der Waals surface area (Å²) in [6.45, 7) is 3.76. The molecule has 1 atom stereocenters. The maximum atomic E-state index is 12.6. The Hall–Kier alpha value is -3.68. The summed E-state index contributed by atoms with van der Waals surface area (Å²) in [6, 6.07) is 27.2. The molecule has 0 bridgehead atoms. The second-order valence-electron chi connectivity index (χ2n) is 8.70. The lowest BCUT2D eigenvalue weighted by molar-refractivity contribution is -0.140. The first-order valence-electron chi connectivity index (χ1n) is 11.3. The molecule has 180 valence electrons. The second-order valence-corrected chi connectivity index (χ2v) is 10.4. The molecule has 6 nitrogen and oxygen atoms in total. The molecule has 0 fully saturated rings. The zero-order valence-electron chi connectivity index (χ0n) is 19.5. The monoisotopic (exact) mass is 489 g/mol. The van der Waals surface area contributed by atoms with E-state index in [2.05, 4.69) is 35.1 Å². The van der Waals surface area contributed by atoms with Gasteiger partial charge in [-0.05, 0) is 63.7 Å².